The molecule has 1 aliphatic heterocycles. The highest BCUT2D eigenvalue weighted by Gasteiger charge is 2.41. The minimum absolute atomic E-state index is 0.0169. The fourth-order valence-electron chi connectivity index (χ4n) is 9.50. The molecular formula is C54H61N5O5S. The van der Waals surface area contributed by atoms with Gasteiger partial charge in [-0.2, -0.15) is 4.72 Å². The first kappa shape index (κ1) is 46.8. The van der Waals surface area contributed by atoms with E-state index in [9.17, 15) is 22.8 Å². The van der Waals surface area contributed by atoms with Crippen LogP contribution in [0.25, 0.3) is 11.1 Å². The topological polar surface area (TPSA) is 122 Å². The largest absolute Gasteiger partial charge is 0.341 e. The average molecular weight is 892 g/mol. The highest BCUT2D eigenvalue weighted by atomic mass is 32.2. The van der Waals surface area contributed by atoms with Crippen LogP contribution in [0.1, 0.15) is 101 Å². The Morgan fingerprint density at radius 1 is 0.723 bits per heavy atom. The fourth-order valence-corrected chi connectivity index (χ4v) is 10.9. The number of carbonyl (C=O) groups excluding carboxylic acids is 3. The molecule has 65 heavy (non-hydrogen) atoms. The maximum atomic E-state index is 15.0. The smallest absolute Gasteiger partial charge is 0.243 e. The zero-order chi connectivity index (χ0) is 46.0. The van der Waals surface area contributed by atoms with Crippen LogP contribution in [0.3, 0.4) is 0 Å². The third-order valence-corrected chi connectivity index (χ3v) is 14.4. The molecule has 1 aromatic heterocycles. The number of benzene rings is 5. The van der Waals surface area contributed by atoms with E-state index in [0.29, 0.717) is 49.4 Å². The van der Waals surface area contributed by atoms with Gasteiger partial charge in [-0.3, -0.25) is 14.4 Å². The number of carbonyl (C=O) groups is 3. The summed E-state index contributed by atoms with van der Waals surface area (Å²) in [6, 6.07) is 44.1. The van der Waals surface area contributed by atoms with Gasteiger partial charge in [0.15, 0.2) is 0 Å². The van der Waals surface area contributed by atoms with Crippen LogP contribution in [0.15, 0.2) is 151 Å². The molecule has 1 atom stereocenters. The molecular weight excluding hydrogens is 831 g/mol. The molecule has 3 amide bonds. The van der Waals surface area contributed by atoms with Crippen molar-refractivity contribution in [3.05, 3.63) is 174 Å². The third kappa shape index (κ3) is 9.77. The predicted molar refractivity (Wildman–Crippen MR) is 258 cm³/mol. The molecule has 0 spiro atoms. The summed E-state index contributed by atoms with van der Waals surface area (Å²) in [5.74, 6) is -0.823. The number of amides is 3. The van der Waals surface area contributed by atoms with Gasteiger partial charge in [0.2, 0.25) is 27.7 Å². The van der Waals surface area contributed by atoms with Crippen molar-refractivity contribution < 1.29 is 22.8 Å². The number of imide groups is 1. The number of likely N-dealkylation sites (tertiary alicyclic amines) is 1. The van der Waals surface area contributed by atoms with Crippen LogP contribution in [0, 0.1) is 5.92 Å². The van der Waals surface area contributed by atoms with E-state index in [4.69, 9.17) is 4.98 Å². The molecule has 2 heterocycles. The maximum absolute atomic E-state index is 15.0. The van der Waals surface area contributed by atoms with Gasteiger partial charge in [0, 0.05) is 37.2 Å². The van der Waals surface area contributed by atoms with Gasteiger partial charge in [0.25, 0.3) is 0 Å². The quantitative estimate of drug-likeness (QED) is 0.0858. The summed E-state index contributed by atoms with van der Waals surface area (Å²) in [7, 11) is -4.53. The van der Waals surface area contributed by atoms with E-state index in [-0.39, 0.29) is 35.8 Å². The summed E-state index contributed by atoms with van der Waals surface area (Å²) in [6.45, 7) is 8.65. The number of hydrogen-bond acceptors (Lipinski definition) is 6. The number of nitrogens with zero attached hydrogens (tertiary/aromatic N) is 4. The minimum atomic E-state index is -4.53. The summed E-state index contributed by atoms with van der Waals surface area (Å²) < 4.78 is 35.0. The number of imidazole rings is 1. The summed E-state index contributed by atoms with van der Waals surface area (Å²) in [5.41, 5.74) is 5.45. The second-order valence-corrected chi connectivity index (χ2v) is 18.4. The molecule has 0 aliphatic carbocycles. The van der Waals surface area contributed by atoms with Crippen molar-refractivity contribution >= 4 is 33.4 Å². The summed E-state index contributed by atoms with van der Waals surface area (Å²) >= 11 is 0. The first-order chi connectivity index (χ1) is 31.6. The van der Waals surface area contributed by atoms with E-state index < -0.39 is 33.4 Å². The first-order valence-electron chi connectivity index (χ1n) is 23.2. The Hall–Kier alpha value is -6.17. The van der Waals surface area contributed by atoms with Gasteiger partial charge in [-0.1, -0.05) is 168 Å². The van der Waals surface area contributed by atoms with Gasteiger partial charge in [0.05, 0.1) is 17.7 Å². The van der Waals surface area contributed by atoms with E-state index >= 15 is 0 Å². The van der Waals surface area contributed by atoms with Crippen molar-refractivity contribution in [2.24, 2.45) is 5.92 Å². The molecule has 1 fully saturated rings. The zero-order valence-corrected chi connectivity index (χ0v) is 38.8. The van der Waals surface area contributed by atoms with Crippen LogP contribution >= 0.6 is 0 Å². The molecule has 338 valence electrons. The molecule has 1 aliphatic rings. The van der Waals surface area contributed by atoms with Crippen molar-refractivity contribution in [1.29, 1.82) is 0 Å². The Kier molecular flexibility index (Phi) is 15.3. The second kappa shape index (κ2) is 21.2. The van der Waals surface area contributed by atoms with Crippen LogP contribution in [0.2, 0.25) is 0 Å². The molecule has 11 heteroatoms. The van der Waals surface area contributed by atoms with E-state index in [1.807, 2.05) is 54.9 Å². The number of sulfonamides is 1. The Morgan fingerprint density at radius 2 is 1.25 bits per heavy atom. The molecule has 1 saturated heterocycles. The zero-order valence-electron chi connectivity index (χ0n) is 38.0. The monoisotopic (exact) mass is 891 g/mol. The van der Waals surface area contributed by atoms with Crippen molar-refractivity contribution in [3.8, 4) is 11.1 Å². The van der Waals surface area contributed by atoms with Gasteiger partial charge in [-0.15, -0.1) is 0 Å². The first-order valence-corrected chi connectivity index (χ1v) is 24.6. The molecule has 0 saturated carbocycles. The van der Waals surface area contributed by atoms with Crippen LogP contribution in [0.4, 0.5) is 5.69 Å². The van der Waals surface area contributed by atoms with E-state index in [1.165, 1.54) is 6.07 Å². The Labute approximate surface area is 384 Å². The maximum Gasteiger partial charge on any atom is 0.243 e. The van der Waals surface area contributed by atoms with E-state index in [2.05, 4.69) is 95.9 Å². The van der Waals surface area contributed by atoms with Gasteiger partial charge < -0.3 is 9.47 Å². The lowest BCUT2D eigenvalue weighted by molar-refractivity contribution is -0.134. The number of nitrogens with one attached hydrogen (secondary N) is 1. The minimum Gasteiger partial charge on any atom is -0.341 e. The van der Waals surface area contributed by atoms with Crippen LogP contribution in [-0.2, 0) is 42.8 Å². The standard InChI is InChI=1S/C54H61N5O5S/c1-5-40-35-37-57(38-36-40)53(62)47(56-65(63,64)49-34-21-31-45(41-23-13-9-14-24-41)52(49)59(50(60)7-3)51(61)8-4)33-22-32-46-48(6-2)58(39-55-46)54(42-25-15-10-16-26-42,43-27-17-11-18-28-43)44-29-19-12-20-30-44/h9-21,23-31,34,39-40,47,56H,5-8,22,32-33,35-38H2,1-4H3. The lowest BCUT2D eigenvalue weighted by Crippen LogP contribution is -2.51. The van der Waals surface area contributed by atoms with Gasteiger partial charge in [-0.05, 0) is 72.8 Å². The van der Waals surface area contributed by atoms with Gasteiger partial charge >= 0.3 is 0 Å². The highest BCUT2D eigenvalue weighted by Crippen LogP contribution is 2.43. The molecule has 0 radical (unpaired) electrons. The van der Waals surface area contributed by atoms with Crippen molar-refractivity contribution in [1.82, 2.24) is 19.2 Å². The van der Waals surface area contributed by atoms with Crippen molar-refractivity contribution in [2.75, 3.05) is 18.0 Å². The number of hydrogen-bond donors (Lipinski definition) is 1. The normalized spacial score (nSPS) is 13.9. The molecule has 5 aromatic carbocycles. The van der Waals surface area contributed by atoms with Gasteiger partial charge in [0.1, 0.15) is 16.5 Å². The lowest BCUT2D eigenvalue weighted by Gasteiger charge is -2.38. The number of rotatable bonds is 18. The predicted octanol–water partition coefficient (Wildman–Crippen LogP) is 9.95. The second-order valence-electron chi connectivity index (χ2n) is 16.8. The summed E-state index contributed by atoms with van der Waals surface area (Å²) in [6.07, 6.45) is 6.42. The van der Waals surface area contributed by atoms with Gasteiger partial charge in [-0.25, -0.2) is 18.3 Å². The van der Waals surface area contributed by atoms with Crippen molar-refractivity contribution in [2.45, 2.75) is 102 Å². The molecule has 10 nitrogen and oxygen atoms in total. The Bertz CT molecular complexity index is 2530. The third-order valence-electron chi connectivity index (χ3n) is 12.9. The number of anilines is 1. The van der Waals surface area contributed by atoms with E-state index in [1.54, 1.807) is 30.9 Å². The SMILES string of the molecule is CCC(=O)N(C(=O)CC)c1c(-c2ccccc2)cccc1S(=O)(=O)NC(CCCc1ncn(C(c2ccccc2)(c2ccccc2)c2ccccc2)c1CC)C(=O)N1CCC(CC)CC1. The molecule has 7 rings (SSSR count). The molecule has 1 N–H and O–H groups in total. The molecule has 6 aromatic rings. The molecule has 0 bridgehead atoms. The fraction of sp³-hybridized carbons (Fsp3) is 0.333. The summed E-state index contributed by atoms with van der Waals surface area (Å²) in [5, 5.41) is 0. The van der Waals surface area contributed by atoms with Crippen LogP contribution in [0.5, 0.6) is 0 Å². The van der Waals surface area contributed by atoms with Crippen LogP contribution < -0.4 is 9.62 Å². The van der Waals surface area contributed by atoms with Crippen LogP contribution in [-0.4, -0.2) is 59.7 Å². The number of aromatic nitrogens is 2. The number of piperidine rings is 1. The highest BCUT2D eigenvalue weighted by molar-refractivity contribution is 7.89. The molecule has 1 unspecified atom stereocenters. The Balaban J connectivity index is 1.27. The number of aryl methyl sites for hydroxylation is 1. The van der Waals surface area contributed by atoms with E-state index in [0.717, 1.165) is 52.2 Å². The average Bonchev–Trinajstić information content (AvgIpc) is 3.77. The Morgan fingerprint density at radius 3 is 1.74 bits per heavy atom. The summed E-state index contributed by atoms with van der Waals surface area (Å²) in [4.78, 5) is 49.5. The van der Waals surface area contributed by atoms with Crippen molar-refractivity contribution in [3.63, 3.8) is 0 Å². The number of para-hydroxylation sites is 1. The lowest BCUT2D eigenvalue weighted by atomic mass is 9.76.